The molecule has 0 aromatic heterocycles. The first-order valence-corrected chi connectivity index (χ1v) is 39.8. The van der Waals surface area contributed by atoms with Gasteiger partial charge < -0.3 is 19.4 Å². The highest BCUT2D eigenvalue weighted by Gasteiger charge is 2.30. The van der Waals surface area contributed by atoms with E-state index in [9.17, 15) is 19.0 Å². The molecule has 2 N–H and O–H groups in total. The first-order chi connectivity index (χ1) is 43.4. The van der Waals surface area contributed by atoms with E-state index < -0.39 is 20.0 Å². The Bertz CT molecular complexity index is 1750. The van der Waals surface area contributed by atoms with E-state index in [1.165, 1.54) is 231 Å². The Labute approximate surface area is 553 Å². The monoisotopic (exact) mass is 1270 g/mol. The van der Waals surface area contributed by atoms with Crippen LogP contribution in [-0.2, 0) is 27.9 Å². The van der Waals surface area contributed by atoms with E-state index in [1.54, 1.807) is 0 Å². The van der Waals surface area contributed by atoms with Gasteiger partial charge in [-0.05, 0) is 76.7 Å². The lowest BCUT2D eigenvalue weighted by molar-refractivity contribution is -0.870. The van der Waals surface area contributed by atoms with Gasteiger partial charge in [0, 0.05) is 12.8 Å². The Morgan fingerprint density at radius 2 is 0.719 bits per heavy atom. The second-order valence-corrected chi connectivity index (χ2v) is 28.6. The van der Waals surface area contributed by atoms with E-state index in [1.807, 2.05) is 33.3 Å². The molecule has 0 aliphatic rings. The maximum absolute atomic E-state index is 13.6. The number of amides is 1. The Morgan fingerprint density at radius 3 is 1.08 bits per heavy atom. The first-order valence-electron chi connectivity index (χ1n) is 38.3. The number of hydrogen-bond donors (Lipinski definition) is 2. The highest BCUT2D eigenvalue weighted by atomic mass is 31.2. The fourth-order valence-corrected chi connectivity index (χ4v) is 12.1. The number of phosphoric acid groups is 1. The molecule has 0 aromatic rings. The molecule has 10 heteroatoms. The molecule has 0 bridgehead atoms. The minimum atomic E-state index is -4.46. The van der Waals surface area contributed by atoms with Crippen molar-refractivity contribution in [1.82, 2.24) is 5.32 Å². The van der Waals surface area contributed by atoms with Crippen LogP contribution in [-0.4, -0.2) is 74.3 Å². The predicted molar refractivity (Wildman–Crippen MR) is 388 cm³/mol. The van der Waals surface area contributed by atoms with E-state index >= 15 is 0 Å². The van der Waals surface area contributed by atoms with Crippen LogP contribution < -0.4 is 5.32 Å². The van der Waals surface area contributed by atoms with E-state index in [2.05, 4.69) is 86.8 Å². The molecule has 1 amide bonds. The zero-order chi connectivity index (χ0) is 64.9. The third kappa shape index (κ3) is 69.6. The number of likely N-dealkylation sites (N-methyl/N-ethyl adjacent to an activating group) is 1. The van der Waals surface area contributed by atoms with Crippen LogP contribution in [0.2, 0.25) is 0 Å². The van der Waals surface area contributed by atoms with Gasteiger partial charge in [-0.25, -0.2) is 4.57 Å². The van der Waals surface area contributed by atoms with Crippen LogP contribution in [0.15, 0.2) is 72.9 Å². The highest BCUT2D eigenvalue weighted by molar-refractivity contribution is 7.47. The molecule has 3 unspecified atom stereocenters. The first kappa shape index (κ1) is 86.5. The summed E-state index contributed by atoms with van der Waals surface area (Å²) in [5, 5.41) is 3.07. The number of allylic oxidation sites excluding steroid dienone is 11. The van der Waals surface area contributed by atoms with E-state index in [0.717, 1.165) is 103 Å². The second-order valence-electron chi connectivity index (χ2n) is 27.2. The van der Waals surface area contributed by atoms with Crippen molar-refractivity contribution < 1.29 is 37.3 Å². The molecule has 89 heavy (non-hydrogen) atoms. The SMILES string of the molecule is CC/C=C\C/C=C\C/C=C\C/C=C\C/C=C\CCCCCCCCCC(=O)NC(COP(=O)(O)OCC[N+](C)(C)C)C(/C=C/CCCCCCCCCCCCC)OC(=O)CCCCCCCCCCCCCCCCCCCCCCCCCCCCC. The van der Waals surface area contributed by atoms with E-state index in [-0.39, 0.29) is 25.1 Å². The number of carbonyl (C=O) groups is 2. The van der Waals surface area contributed by atoms with Crippen LogP contribution in [0.3, 0.4) is 0 Å². The number of esters is 1. The number of quaternary nitrogens is 1. The Balaban J connectivity index is 5.01. The van der Waals surface area contributed by atoms with Crippen LogP contribution >= 0.6 is 7.82 Å². The third-order valence-corrected chi connectivity index (χ3v) is 18.1. The Hall–Kier alpha value is -2.55. The lowest BCUT2D eigenvalue weighted by Gasteiger charge is -2.27. The summed E-state index contributed by atoms with van der Waals surface area (Å²) in [6.45, 7) is 6.95. The van der Waals surface area contributed by atoms with E-state index in [0.29, 0.717) is 23.9 Å². The summed E-state index contributed by atoms with van der Waals surface area (Å²) in [5.41, 5.74) is 0. The maximum atomic E-state index is 13.6. The zero-order valence-corrected chi connectivity index (χ0v) is 60.6. The molecule has 0 aliphatic carbocycles. The van der Waals surface area contributed by atoms with Gasteiger partial charge in [-0.3, -0.25) is 18.6 Å². The summed E-state index contributed by atoms with van der Waals surface area (Å²) in [7, 11) is 1.50. The van der Waals surface area contributed by atoms with Gasteiger partial charge in [0.05, 0.1) is 33.8 Å². The highest BCUT2D eigenvalue weighted by Crippen LogP contribution is 2.43. The summed E-state index contributed by atoms with van der Waals surface area (Å²) in [6.07, 6.45) is 90.7. The molecular weight excluding hydrogens is 1120 g/mol. The molecule has 0 fully saturated rings. The molecule has 0 saturated heterocycles. The van der Waals surface area contributed by atoms with Crippen molar-refractivity contribution in [2.75, 3.05) is 40.9 Å². The van der Waals surface area contributed by atoms with Crippen molar-refractivity contribution in [1.29, 1.82) is 0 Å². The number of nitrogens with zero attached hydrogens (tertiary/aromatic N) is 1. The van der Waals surface area contributed by atoms with Crippen molar-refractivity contribution in [3.8, 4) is 0 Å². The molecule has 0 spiro atoms. The lowest BCUT2D eigenvalue weighted by Crippen LogP contribution is -2.47. The second kappa shape index (κ2) is 68.3. The fourth-order valence-electron chi connectivity index (χ4n) is 11.3. The van der Waals surface area contributed by atoms with Crippen LogP contribution in [0.1, 0.15) is 367 Å². The lowest BCUT2D eigenvalue weighted by atomic mass is 10.0. The van der Waals surface area contributed by atoms with Gasteiger partial charge >= 0.3 is 13.8 Å². The number of nitrogens with one attached hydrogen (secondary N) is 1. The summed E-state index contributed by atoms with van der Waals surface area (Å²) < 4.78 is 30.9. The van der Waals surface area contributed by atoms with Crippen molar-refractivity contribution in [3.05, 3.63) is 72.9 Å². The van der Waals surface area contributed by atoms with Gasteiger partial charge in [0.2, 0.25) is 5.91 Å². The topological polar surface area (TPSA) is 111 Å². The van der Waals surface area contributed by atoms with Crippen molar-refractivity contribution >= 4 is 19.7 Å². The van der Waals surface area contributed by atoms with Gasteiger partial charge in [0.25, 0.3) is 0 Å². The van der Waals surface area contributed by atoms with Gasteiger partial charge in [0.15, 0.2) is 0 Å². The Morgan fingerprint density at radius 1 is 0.404 bits per heavy atom. The number of carbonyl (C=O) groups excluding carboxylic acids is 2. The number of rotatable bonds is 70. The van der Waals surface area contributed by atoms with Crippen LogP contribution in [0, 0.1) is 0 Å². The van der Waals surface area contributed by atoms with Crippen molar-refractivity contribution in [2.24, 2.45) is 0 Å². The normalized spacial score (nSPS) is 13.8. The minimum Gasteiger partial charge on any atom is -0.456 e. The zero-order valence-electron chi connectivity index (χ0n) is 59.7. The molecule has 0 aromatic carbocycles. The van der Waals surface area contributed by atoms with Crippen molar-refractivity contribution in [3.63, 3.8) is 0 Å². The van der Waals surface area contributed by atoms with Crippen LogP contribution in [0.5, 0.6) is 0 Å². The standard InChI is InChI=1S/C79H147N2O7P/c1-7-10-13-16-19-22-25-28-30-32-34-36-38-39-40-41-43-45-47-49-51-54-57-60-63-66-69-72-79(83)88-77(70-67-64-61-58-55-52-27-24-21-18-15-12-9-3)76(75-87-89(84,85)86-74-73-81(4,5)6)80-78(82)71-68-65-62-59-56-53-50-48-46-44-42-37-35-33-31-29-26-23-20-17-14-11-8-2/h11,14,20,23,29,31,35,37,44,46,67,70,76-77H,7-10,12-13,15-19,21-22,24-28,30,32-34,36,38-43,45,47-66,68-69,71-75H2,1-6H3,(H-,80,82,84,85)/p+1/b14-11-,23-20-,31-29-,37-35-,46-44-,70-67+. The number of unbranched alkanes of at least 4 members (excludes halogenated alkanes) is 44. The number of hydrogen-bond acceptors (Lipinski definition) is 6. The van der Waals surface area contributed by atoms with Crippen LogP contribution in [0.25, 0.3) is 0 Å². The van der Waals surface area contributed by atoms with Crippen LogP contribution in [0.4, 0.5) is 0 Å². The van der Waals surface area contributed by atoms with Gasteiger partial charge in [-0.1, -0.05) is 351 Å². The molecule has 0 rings (SSSR count). The summed E-state index contributed by atoms with van der Waals surface area (Å²) in [4.78, 5) is 38.0. The fraction of sp³-hybridized carbons (Fsp3) is 0.823. The molecule has 0 aliphatic heterocycles. The maximum Gasteiger partial charge on any atom is 0.472 e. The molecular formula is C79H148N2O7P+. The summed E-state index contributed by atoms with van der Waals surface area (Å²) >= 11 is 0. The summed E-state index contributed by atoms with van der Waals surface area (Å²) in [5.74, 6) is -0.503. The average Bonchev–Trinajstić information content (AvgIpc) is 3.64. The minimum absolute atomic E-state index is 0.0372. The predicted octanol–water partition coefficient (Wildman–Crippen LogP) is 24.7. The number of phosphoric ester groups is 1. The molecule has 0 heterocycles. The molecule has 0 saturated carbocycles. The van der Waals surface area contributed by atoms with Crippen molar-refractivity contribution in [2.45, 2.75) is 380 Å². The average molecular weight is 1270 g/mol. The van der Waals surface area contributed by atoms with Gasteiger partial charge in [0.1, 0.15) is 19.3 Å². The van der Waals surface area contributed by atoms with E-state index in [4.69, 9.17) is 13.8 Å². The molecule has 9 nitrogen and oxygen atoms in total. The molecule has 0 radical (unpaired) electrons. The molecule has 3 atom stereocenters. The summed E-state index contributed by atoms with van der Waals surface area (Å²) in [6, 6.07) is -0.857. The molecule has 520 valence electrons. The van der Waals surface area contributed by atoms with Gasteiger partial charge in [-0.15, -0.1) is 0 Å². The largest absolute Gasteiger partial charge is 0.472 e. The third-order valence-electron chi connectivity index (χ3n) is 17.2. The van der Waals surface area contributed by atoms with Gasteiger partial charge in [-0.2, -0.15) is 0 Å². The quantitative estimate of drug-likeness (QED) is 0.0205. The smallest absolute Gasteiger partial charge is 0.456 e. The number of ether oxygens (including phenoxy) is 1. The Kier molecular flexibility index (Phi) is 66.4.